The molecule has 244 valence electrons. The first-order chi connectivity index (χ1) is 19.7. The maximum atomic E-state index is 14.1. The van der Waals surface area contributed by atoms with Gasteiger partial charge >= 0.3 is 0 Å². The number of aliphatic hydroxyl groups excluding tert-OH is 3. The van der Waals surface area contributed by atoms with E-state index in [4.69, 9.17) is 0 Å². The van der Waals surface area contributed by atoms with Gasteiger partial charge in [-0.15, -0.1) is 0 Å². The normalized spacial score (nSPS) is 14.0. The van der Waals surface area contributed by atoms with Crippen LogP contribution in [-0.2, 0) is 27.3 Å². The molecule has 2 aromatic rings. The second-order valence-corrected chi connectivity index (χ2v) is 15.9. The first-order valence-corrected chi connectivity index (χ1v) is 16.5. The minimum absolute atomic E-state index is 0.342. The van der Waals surface area contributed by atoms with Gasteiger partial charge < -0.3 is 20.4 Å². The van der Waals surface area contributed by atoms with Crippen LogP contribution in [0.5, 0.6) is 0 Å². The lowest BCUT2D eigenvalue weighted by Gasteiger charge is -2.52. The number of hydrogen-bond acceptors (Lipinski definition) is 4. The Morgan fingerprint density at radius 3 is 0.837 bits per heavy atom. The number of hydrogen-bond donors (Lipinski definition) is 4. The van der Waals surface area contributed by atoms with Crippen LogP contribution in [0.15, 0.2) is 24.3 Å². The Labute approximate surface area is 264 Å². The fraction of sp³-hybridized carbons (Fsp3) is 0.692. The number of rotatable bonds is 14. The minimum atomic E-state index is -1.93. The Hall–Kier alpha value is -1.72. The third kappa shape index (κ3) is 6.37. The van der Waals surface area contributed by atoms with Gasteiger partial charge in [0.25, 0.3) is 0 Å². The lowest BCUT2D eigenvalue weighted by atomic mass is 9.55. The zero-order chi connectivity index (χ0) is 33.4. The highest BCUT2D eigenvalue weighted by atomic mass is 16.3. The smallest absolute Gasteiger partial charge is 0.128 e. The van der Waals surface area contributed by atoms with Gasteiger partial charge in [-0.25, -0.2) is 0 Å². The summed E-state index contributed by atoms with van der Waals surface area (Å²) >= 11 is 0. The van der Waals surface area contributed by atoms with E-state index in [1.54, 1.807) is 0 Å². The summed E-state index contributed by atoms with van der Waals surface area (Å²) in [6.07, 6.45) is 3.30. The first kappa shape index (κ1) is 37.5. The molecule has 0 radical (unpaired) electrons. The molecular formula is C39H64O4. The van der Waals surface area contributed by atoms with E-state index in [1.807, 2.05) is 0 Å². The van der Waals surface area contributed by atoms with Crippen LogP contribution in [0.1, 0.15) is 153 Å². The Bertz CT molecular complexity index is 1090. The third-order valence-corrected chi connectivity index (χ3v) is 11.4. The zero-order valence-electron chi connectivity index (χ0n) is 30.0. The fourth-order valence-electron chi connectivity index (χ4n) is 6.40. The fourth-order valence-corrected chi connectivity index (χ4v) is 6.40. The highest BCUT2D eigenvalue weighted by molar-refractivity contribution is 5.60. The van der Waals surface area contributed by atoms with E-state index in [1.165, 1.54) is 0 Å². The summed E-state index contributed by atoms with van der Waals surface area (Å²) in [6, 6.07) is 8.72. The summed E-state index contributed by atoms with van der Waals surface area (Å²) in [5.41, 5.74) is 2.66. The molecule has 0 atom stereocenters. The van der Waals surface area contributed by atoms with Crippen molar-refractivity contribution in [3.63, 3.8) is 0 Å². The summed E-state index contributed by atoms with van der Waals surface area (Å²) in [5.74, 6) is 0. The lowest BCUT2D eigenvalue weighted by Crippen LogP contribution is -2.57. The van der Waals surface area contributed by atoms with E-state index in [0.29, 0.717) is 0 Å². The van der Waals surface area contributed by atoms with Crippen molar-refractivity contribution in [1.82, 2.24) is 0 Å². The quantitative estimate of drug-likeness (QED) is 0.177. The second-order valence-electron chi connectivity index (χ2n) is 15.9. The SMILES string of the molecule is CCC(C)(C)c1cc(C)cc(C(C)(C)CC)c1C(O)(c1c(C(C)(C)CC)cc(C)cc1C(C)(C)CC)C(CO)(CO)CO. The maximum Gasteiger partial charge on any atom is 0.128 e. The van der Waals surface area contributed by atoms with E-state index in [-0.39, 0.29) is 21.7 Å². The molecule has 0 aliphatic heterocycles. The van der Waals surface area contributed by atoms with E-state index >= 15 is 0 Å². The van der Waals surface area contributed by atoms with Gasteiger partial charge in [0.1, 0.15) is 5.60 Å². The number of aliphatic hydroxyl groups is 4. The molecule has 0 heterocycles. The molecule has 0 spiro atoms. The zero-order valence-corrected chi connectivity index (χ0v) is 30.0. The van der Waals surface area contributed by atoms with Gasteiger partial charge in [0.2, 0.25) is 0 Å². The number of benzene rings is 2. The largest absolute Gasteiger partial charge is 0.395 e. The highest BCUT2D eigenvalue weighted by Gasteiger charge is 2.58. The van der Waals surface area contributed by atoms with Crippen molar-refractivity contribution in [2.75, 3.05) is 19.8 Å². The van der Waals surface area contributed by atoms with Crippen molar-refractivity contribution >= 4 is 0 Å². The predicted molar refractivity (Wildman–Crippen MR) is 182 cm³/mol. The molecule has 4 heteroatoms. The van der Waals surface area contributed by atoms with Crippen LogP contribution in [0.4, 0.5) is 0 Å². The van der Waals surface area contributed by atoms with Gasteiger partial charge in [-0.2, -0.15) is 0 Å². The molecule has 4 N–H and O–H groups in total. The van der Waals surface area contributed by atoms with Crippen LogP contribution in [0.25, 0.3) is 0 Å². The summed E-state index contributed by atoms with van der Waals surface area (Å²) in [7, 11) is 0. The van der Waals surface area contributed by atoms with Crippen molar-refractivity contribution in [2.24, 2.45) is 5.41 Å². The highest BCUT2D eigenvalue weighted by Crippen LogP contribution is 2.56. The first-order valence-electron chi connectivity index (χ1n) is 16.5. The molecule has 2 aromatic carbocycles. The van der Waals surface area contributed by atoms with Crippen LogP contribution in [0, 0.1) is 19.3 Å². The molecule has 0 bridgehead atoms. The molecule has 2 rings (SSSR count). The van der Waals surface area contributed by atoms with Gasteiger partial charge in [0.15, 0.2) is 0 Å². The predicted octanol–water partition coefficient (Wildman–Crippen LogP) is 8.25. The molecule has 0 saturated carbocycles. The van der Waals surface area contributed by atoms with Gasteiger partial charge in [0, 0.05) is 0 Å². The van der Waals surface area contributed by atoms with E-state index < -0.39 is 30.8 Å². The van der Waals surface area contributed by atoms with Crippen LogP contribution < -0.4 is 0 Å². The number of aryl methyl sites for hydroxylation is 2. The van der Waals surface area contributed by atoms with Crippen LogP contribution in [-0.4, -0.2) is 40.2 Å². The average Bonchev–Trinajstić information content (AvgIpc) is 2.97. The summed E-state index contributed by atoms with van der Waals surface area (Å²) in [4.78, 5) is 0. The van der Waals surface area contributed by atoms with E-state index in [9.17, 15) is 20.4 Å². The molecule has 0 aromatic heterocycles. The molecule has 0 unspecified atom stereocenters. The lowest BCUT2D eigenvalue weighted by molar-refractivity contribution is -0.138. The molecule has 0 saturated heterocycles. The van der Waals surface area contributed by atoms with Crippen molar-refractivity contribution in [3.05, 3.63) is 68.8 Å². The molecule has 43 heavy (non-hydrogen) atoms. The van der Waals surface area contributed by atoms with E-state index in [0.717, 1.165) is 70.2 Å². The minimum Gasteiger partial charge on any atom is -0.395 e. The van der Waals surface area contributed by atoms with Crippen molar-refractivity contribution in [2.45, 2.75) is 150 Å². The Kier molecular flexibility index (Phi) is 11.3. The average molecular weight is 597 g/mol. The maximum absolute atomic E-state index is 14.1. The molecule has 0 fully saturated rings. The monoisotopic (exact) mass is 596 g/mol. The third-order valence-electron chi connectivity index (χ3n) is 11.4. The molecule has 0 aliphatic carbocycles. The summed E-state index contributed by atoms with van der Waals surface area (Å²) in [6.45, 7) is 28.7. The van der Waals surface area contributed by atoms with Crippen LogP contribution in [0.2, 0.25) is 0 Å². The second kappa shape index (κ2) is 12.9. The van der Waals surface area contributed by atoms with Gasteiger partial charge in [0.05, 0.1) is 25.2 Å². The molecule has 4 nitrogen and oxygen atoms in total. The Morgan fingerprint density at radius 1 is 0.465 bits per heavy atom. The Balaban J connectivity index is 3.65. The van der Waals surface area contributed by atoms with Crippen LogP contribution in [0.3, 0.4) is 0 Å². The molecular weight excluding hydrogens is 532 g/mol. The summed E-state index contributed by atoms with van der Waals surface area (Å²) < 4.78 is 0. The van der Waals surface area contributed by atoms with E-state index in [2.05, 4.69) is 121 Å². The summed E-state index contributed by atoms with van der Waals surface area (Å²) in [5, 5.41) is 47.9. The Morgan fingerprint density at radius 2 is 0.674 bits per heavy atom. The van der Waals surface area contributed by atoms with Gasteiger partial charge in [-0.05, 0) is 94.6 Å². The molecule has 0 aliphatic rings. The van der Waals surface area contributed by atoms with Gasteiger partial charge in [-0.1, -0.05) is 118 Å². The topological polar surface area (TPSA) is 80.9 Å². The molecule has 0 amide bonds. The van der Waals surface area contributed by atoms with Crippen molar-refractivity contribution in [1.29, 1.82) is 0 Å². The van der Waals surface area contributed by atoms with Crippen molar-refractivity contribution in [3.8, 4) is 0 Å². The standard InChI is InChI=1S/C39H64O4/c1-15-34(7,8)28-19-26(5)20-29(35(9,10)16-2)32(28)39(43,38(23-40,24-41)25-42)33-30(36(11,12)17-3)21-27(6)22-31(33)37(13,14)18-4/h19-22,40-43H,15-18,23-25H2,1-14H3. The van der Waals surface area contributed by atoms with Crippen molar-refractivity contribution < 1.29 is 20.4 Å². The van der Waals surface area contributed by atoms with Crippen LogP contribution >= 0.6 is 0 Å². The van der Waals surface area contributed by atoms with Gasteiger partial charge in [-0.3, -0.25) is 0 Å².